The van der Waals surface area contributed by atoms with E-state index in [0.717, 1.165) is 22.3 Å². The summed E-state index contributed by atoms with van der Waals surface area (Å²) in [6.07, 6.45) is 1.71. The molecule has 3 aromatic rings. The van der Waals surface area contributed by atoms with Gasteiger partial charge in [-0.15, -0.1) is 0 Å². The van der Waals surface area contributed by atoms with Crippen molar-refractivity contribution < 1.29 is 9.15 Å². The predicted octanol–water partition coefficient (Wildman–Crippen LogP) is 5.14. The number of hydrogen-bond acceptors (Lipinski definition) is 2. The van der Waals surface area contributed by atoms with Crippen LogP contribution in [0.15, 0.2) is 59.2 Å². The Labute approximate surface area is 119 Å². The third kappa shape index (κ3) is 2.69. The molecule has 0 aliphatic rings. The van der Waals surface area contributed by atoms with Crippen molar-refractivity contribution in [1.82, 2.24) is 0 Å². The highest BCUT2D eigenvalue weighted by Gasteiger charge is 2.02. The first-order valence-corrected chi connectivity index (χ1v) is 6.91. The largest absolute Gasteiger partial charge is 0.489 e. The molecule has 0 radical (unpaired) electrons. The summed E-state index contributed by atoms with van der Waals surface area (Å²) in [5.74, 6) is 1.44. The predicted molar refractivity (Wildman–Crippen MR) is 81.1 cm³/mol. The Balaban J connectivity index is 1.69. The van der Waals surface area contributed by atoms with Crippen LogP contribution < -0.4 is 4.74 Å². The Morgan fingerprint density at radius 1 is 1.00 bits per heavy atom. The number of fused-ring (bicyclic) bond motifs is 1. The highest BCUT2D eigenvalue weighted by atomic mass is 16.5. The zero-order valence-electron chi connectivity index (χ0n) is 11.8. The Bertz CT molecular complexity index is 693. The minimum absolute atomic E-state index is 0.547. The number of hydrogen-bond donors (Lipinski definition) is 0. The highest BCUT2D eigenvalue weighted by Crippen LogP contribution is 2.21. The average molecular weight is 266 g/mol. The molecular weight excluding hydrogens is 248 g/mol. The second kappa shape index (κ2) is 5.41. The van der Waals surface area contributed by atoms with E-state index in [9.17, 15) is 0 Å². The topological polar surface area (TPSA) is 22.4 Å². The summed E-state index contributed by atoms with van der Waals surface area (Å²) in [7, 11) is 0. The molecule has 1 aromatic heterocycles. The second-order valence-corrected chi connectivity index (χ2v) is 5.31. The van der Waals surface area contributed by atoms with Crippen LogP contribution in [0.1, 0.15) is 30.9 Å². The van der Waals surface area contributed by atoms with Gasteiger partial charge in [-0.05, 0) is 41.3 Å². The molecule has 0 aliphatic carbocycles. The lowest BCUT2D eigenvalue weighted by molar-refractivity contribution is 0.306. The van der Waals surface area contributed by atoms with Gasteiger partial charge in [-0.2, -0.15) is 0 Å². The molecule has 0 aliphatic heterocycles. The van der Waals surface area contributed by atoms with Crippen LogP contribution in [0.3, 0.4) is 0 Å². The molecule has 0 bridgehead atoms. The molecule has 1 heterocycles. The van der Waals surface area contributed by atoms with Crippen LogP contribution >= 0.6 is 0 Å². The van der Waals surface area contributed by atoms with E-state index in [-0.39, 0.29) is 0 Å². The minimum Gasteiger partial charge on any atom is -0.489 e. The van der Waals surface area contributed by atoms with E-state index in [4.69, 9.17) is 9.15 Å². The molecule has 2 heteroatoms. The van der Waals surface area contributed by atoms with E-state index >= 15 is 0 Å². The van der Waals surface area contributed by atoms with Crippen LogP contribution in [-0.2, 0) is 6.61 Å². The zero-order chi connectivity index (χ0) is 13.9. The summed E-state index contributed by atoms with van der Waals surface area (Å²) in [5.41, 5.74) is 3.34. The molecule has 0 N–H and O–H groups in total. The maximum absolute atomic E-state index is 5.81. The molecule has 20 heavy (non-hydrogen) atoms. The van der Waals surface area contributed by atoms with Gasteiger partial charge in [0, 0.05) is 5.39 Å². The Morgan fingerprint density at radius 3 is 2.55 bits per heavy atom. The number of ether oxygens (including phenoxy) is 1. The summed E-state index contributed by atoms with van der Waals surface area (Å²) in [4.78, 5) is 0. The molecule has 0 saturated heterocycles. The fraction of sp³-hybridized carbons (Fsp3) is 0.222. The van der Waals surface area contributed by atoms with E-state index < -0.39 is 0 Å². The molecule has 0 fully saturated rings. The van der Waals surface area contributed by atoms with Gasteiger partial charge in [0.05, 0.1) is 6.26 Å². The van der Waals surface area contributed by atoms with Gasteiger partial charge in [-0.3, -0.25) is 0 Å². The van der Waals surface area contributed by atoms with Gasteiger partial charge in [-0.25, -0.2) is 0 Å². The van der Waals surface area contributed by atoms with Gasteiger partial charge in [0.2, 0.25) is 0 Å². The SMILES string of the molecule is CC(C)c1ccc(OCc2ccc3ccoc3c2)cc1. The van der Waals surface area contributed by atoms with Crippen LogP contribution in [0.25, 0.3) is 11.0 Å². The van der Waals surface area contributed by atoms with Gasteiger partial charge in [0.1, 0.15) is 17.9 Å². The number of furan rings is 1. The summed E-state index contributed by atoms with van der Waals surface area (Å²) in [6, 6.07) is 16.4. The van der Waals surface area contributed by atoms with E-state index in [0.29, 0.717) is 12.5 Å². The molecule has 0 unspecified atom stereocenters. The molecule has 0 spiro atoms. The number of benzene rings is 2. The summed E-state index contributed by atoms with van der Waals surface area (Å²) >= 11 is 0. The smallest absolute Gasteiger partial charge is 0.134 e. The fourth-order valence-electron chi connectivity index (χ4n) is 2.20. The molecule has 0 atom stereocenters. The Kier molecular flexibility index (Phi) is 3.46. The first kappa shape index (κ1) is 12.8. The Hall–Kier alpha value is -2.22. The second-order valence-electron chi connectivity index (χ2n) is 5.31. The van der Waals surface area contributed by atoms with Gasteiger partial charge in [-0.1, -0.05) is 38.1 Å². The van der Waals surface area contributed by atoms with Crippen molar-refractivity contribution in [2.45, 2.75) is 26.4 Å². The monoisotopic (exact) mass is 266 g/mol. The molecule has 2 aromatic carbocycles. The molecule has 0 saturated carbocycles. The third-order valence-corrected chi connectivity index (χ3v) is 3.47. The van der Waals surface area contributed by atoms with E-state index in [1.54, 1.807) is 6.26 Å². The molecule has 2 nitrogen and oxygen atoms in total. The van der Waals surface area contributed by atoms with Crippen molar-refractivity contribution >= 4 is 11.0 Å². The summed E-state index contributed by atoms with van der Waals surface area (Å²) in [6.45, 7) is 4.93. The van der Waals surface area contributed by atoms with Gasteiger partial charge >= 0.3 is 0 Å². The lowest BCUT2D eigenvalue weighted by Gasteiger charge is -2.09. The zero-order valence-corrected chi connectivity index (χ0v) is 11.8. The standard InChI is InChI=1S/C18H18O2/c1-13(2)15-5-7-17(8-6-15)20-12-14-3-4-16-9-10-19-18(16)11-14/h3-11,13H,12H2,1-2H3. The maximum Gasteiger partial charge on any atom is 0.134 e. The van der Waals surface area contributed by atoms with E-state index in [2.05, 4.69) is 38.1 Å². The molecule has 0 amide bonds. The maximum atomic E-state index is 5.81. The van der Waals surface area contributed by atoms with Gasteiger partial charge in [0.25, 0.3) is 0 Å². The first-order chi connectivity index (χ1) is 9.72. The van der Waals surface area contributed by atoms with Crippen LogP contribution in [0.5, 0.6) is 5.75 Å². The van der Waals surface area contributed by atoms with Crippen molar-refractivity contribution in [2.24, 2.45) is 0 Å². The molecule has 3 rings (SSSR count). The van der Waals surface area contributed by atoms with E-state index in [1.165, 1.54) is 5.56 Å². The Morgan fingerprint density at radius 2 is 1.80 bits per heavy atom. The summed E-state index contributed by atoms with van der Waals surface area (Å²) < 4.78 is 11.2. The van der Waals surface area contributed by atoms with Crippen molar-refractivity contribution in [1.29, 1.82) is 0 Å². The van der Waals surface area contributed by atoms with E-state index in [1.807, 2.05) is 24.3 Å². The highest BCUT2D eigenvalue weighted by molar-refractivity contribution is 5.77. The first-order valence-electron chi connectivity index (χ1n) is 6.91. The van der Waals surface area contributed by atoms with Crippen molar-refractivity contribution in [3.8, 4) is 5.75 Å². The quantitative estimate of drug-likeness (QED) is 0.652. The van der Waals surface area contributed by atoms with Crippen molar-refractivity contribution in [3.63, 3.8) is 0 Å². The minimum atomic E-state index is 0.547. The third-order valence-electron chi connectivity index (χ3n) is 3.47. The normalized spacial score (nSPS) is 11.2. The fourth-order valence-corrected chi connectivity index (χ4v) is 2.20. The lowest BCUT2D eigenvalue weighted by atomic mass is 10.0. The average Bonchev–Trinajstić information content (AvgIpc) is 2.93. The van der Waals surface area contributed by atoms with Crippen molar-refractivity contribution in [2.75, 3.05) is 0 Å². The lowest BCUT2D eigenvalue weighted by Crippen LogP contribution is -1.95. The summed E-state index contributed by atoms with van der Waals surface area (Å²) in [5, 5.41) is 1.12. The van der Waals surface area contributed by atoms with Crippen LogP contribution in [-0.4, -0.2) is 0 Å². The van der Waals surface area contributed by atoms with Crippen molar-refractivity contribution in [3.05, 3.63) is 65.9 Å². The van der Waals surface area contributed by atoms with Gasteiger partial charge < -0.3 is 9.15 Å². The van der Waals surface area contributed by atoms with Crippen LogP contribution in [0.4, 0.5) is 0 Å². The molecule has 102 valence electrons. The number of rotatable bonds is 4. The molecular formula is C18H18O2. The van der Waals surface area contributed by atoms with Gasteiger partial charge in [0.15, 0.2) is 0 Å². The van der Waals surface area contributed by atoms with Crippen LogP contribution in [0.2, 0.25) is 0 Å². The van der Waals surface area contributed by atoms with Crippen LogP contribution in [0, 0.1) is 0 Å².